The van der Waals surface area contributed by atoms with E-state index in [4.69, 9.17) is 4.74 Å². The maximum atomic E-state index is 5.15. The molecule has 0 bridgehead atoms. The molecule has 6 nitrogen and oxygen atoms in total. The van der Waals surface area contributed by atoms with Gasteiger partial charge in [0.15, 0.2) is 0 Å². The molecule has 0 aromatic carbocycles. The zero-order chi connectivity index (χ0) is 14.8. The van der Waals surface area contributed by atoms with Crippen molar-refractivity contribution in [1.29, 1.82) is 0 Å². The van der Waals surface area contributed by atoms with Gasteiger partial charge in [-0.05, 0) is 35.7 Å². The molecule has 1 saturated heterocycles. The molecule has 7 heteroatoms. The summed E-state index contributed by atoms with van der Waals surface area (Å²) in [4.78, 5) is 11.0. The highest BCUT2D eigenvalue weighted by molar-refractivity contribution is 9.10. The Balaban J connectivity index is 1.69. The highest BCUT2D eigenvalue weighted by Gasteiger charge is 2.22. The van der Waals surface area contributed by atoms with Crippen LogP contribution in [0, 0.1) is 6.92 Å². The molecule has 0 radical (unpaired) electrons. The van der Waals surface area contributed by atoms with E-state index >= 15 is 0 Å². The number of anilines is 1. The lowest BCUT2D eigenvalue weighted by molar-refractivity contribution is 0.361. The van der Waals surface area contributed by atoms with Gasteiger partial charge in [0.25, 0.3) is 0 Å². The van der Waals surface area contributed by atoms with Crippen LogP contribution < -0.4 is 9.64 Å². The number of halogens is 1. The first-order valence-corrected chi connectivity index (χ1v) is 7.79. The van der Waals surface area contributed by atoms with E-state index in [0.717, 1.165) is 41.9 Å². The van der Waals surface area contributed by atoms with Crippen molar-refractivity contribution in [3.8, 4) is 6.01 Å². The predicted octanol–water partition coefficient (Wildman–Crippen LogP) is 2.59. The molecule has 3 heterocycles. The third kappa shape index (κ3) is 3.18. The first-order valence-electron chi connectivity index (χ1n) is 7.00. The van der Waals surface area contributed by atoms with E-state index < -0.39 is 0 Å². The molecule has 0 amide bonds. The van der Waals surface area contributed by atoms with Gasteiger partial charge in [-0.3, -0.25) is 4.68 Å². The maximum absolute atomic E-state index is 5.15. The van der Waals surface area contributed by atoms with E-state index in [1.54, 1.807) is 7.11 Å². The van der Waals surface area contributed by atoms with Crippen molar-refractivity contribution in [1.82, 2.24) is 19.7 Å². The zero-order valence-electron chi connectivity index (χ0n) is 12.2. The summed E-state index contributed by atoms with van der Waals surface area (Å²) < 4.78 is 8.23. The molecule has 2 aromatic rings. The molecule has 2 aromatic heterocycles. The van der Waals surface area contributed by atoms with Crippen molar-refractivity contribution in [3.05, 3.63) is 28.6 Å². The summed E-state index contributed by atoms with van der Waals surface area (Å²) in [5.41, 5.74) is 0.926. The van der Waals surface area contributed by atoms with Crippen LogP contribution in [0.5, 0.6) is 6.01 Å². The van der Waals surface area contributed by atoms with E-state index in [1.165, 1.54) is 0 Å². The number of aromatic nitrogens is 4. The van der Waals surface area contributed by atoms with Gasteiger partial charge in [0, 0.05) is 31.0 Å². The summed E-state index contributed by atoms with van der Waals surface area (Å²) in [6.45, 7) is 3.88. The molecule has 0 aliphatic carbocycles. The number of rotatable bonds is 3. The summed E-state index contributed by atoms with van der Waals surface area (Å²) in [6.07, 6.45) is 5.99. The van der Waals surface area contributed by atoms with Crippen LogP contribution in [0.4, 0.5) is 5.82 Å². The van der Waals surface area contributed by atoms with Crippen molar-refractivity contribution in [2.75, 3.05) is 25.1 Å². The van der Waals surface area contributed by atoms with Gasteiger partial charge in [-0.15, -0.1) is 0 Å². The monoisotopic (exact) mass is 351 g/mol. The summed E-state index contributed by atoms with van der Waals surface area (Å²) >= 11 is 3.45. The van der Waals surface area contributed by atoms with E-state index in [0.29, 0.717) is 12.1 Å². The predicted molar refractivity (Wildman–Crippen MR) is 83.7 cm³/mol. The maximum Gasteiger partial charge on any atom is 0.318 e. The summed E-state index contributed by atoms with van der Waals surface area (Å²) in [6, 6.07) is 2.90. The van der Waals surface area contributed by atoms with Crippen molar-refractivity contribution in [3.63, 3.8) is 0 Å². The number of aryl methyl sites for hydroxylation is 1. The molecule has 0 N–H and O–H groups in total. The lowest BCUT2D eigenvalue weighted by atomic mass is 10.1. The Morgan fingerprint density at radius 1 is 1.29 bits per heavy atom. The minimum absolute atomic E-state index is 0.433. The Morgan fingerprint density at radius 2 is 2.05 bits per heavy atom. The van der Waals surface area contributed by atoms with E-state index in [-0.39, 0.29) is 0 Å². The van der Waals surface area contributed by atoms with E-state index in [2.05, 4.69) is 35.9 Å². The average Bonchev–Trinajstić information content (AvgIpc) is 2.93. The van der Waals surface area contributed by atoms with Gasteiger partial charge in [0.1, 0.15) is 5.82 Å². The highest BCUT2D eigenvalue weighted by Crippen LogP contribution is 2.26. The minimum Gasteiger partial charge on any atom is -0.467 e. The normalized spacial score (nSPS) is 16.2. The van der Waals surface area contributed by atoms with Gasteiger partial charge >= 0.3 is 6.01 Å². The standard InChI is InChI=1S/C14H18BrN5O/c1-10-7-13(18-14(17-10)21-2)19-5-3-12(4-6-19)20-9-11(15)8-16-20/h7-9,12H,3-6H2,1-2H3. The number of hydrogen-bond donors (Lipinski definition) is 0. The van der Waals surface area contributed by atoms with Gasteiger partial charge in [-0.1, -0.05) is 0 Å². The van der Waals surface area contributed by atoms with Gasteiger partial charge in [0.2, 0.25) is 0 Å². The molecule has 1 aliphatic rings. The first kappa shape index (κ1) is 14.3. The highest BCUT2D eigenvalue weighted by atomic mass is 79.9. The molecule has 112 valence electrons. The van der Waals surface area contributed by atoms with Gasteiger partial charge in [0.05, 0.1) is 23.8 Å². The Labute approximate surface area is 132 Å². The lowest BCUT2D eigenvalue weighted by Gasteiger charge is -2.33. The minimum atomic E-state index is 0.433. The molecule has 0 spiro atoms. The molecule has 0 atom stereocenters. The average molecular weight is 352 g/mol. The fraction of sp³-hybridized carbons (Fsp3) is 0.500. The quantitative estimate of drug-likeness (QED) is 0.850. The smallest absolute Gasteiger partial charge is 0.318 e. The van der Waals surface area contributed by atoms with Gasteiger partial charge < -0.3 is 9.64 Å². The van der Waals surface area contributed by atoms with Crippen LogP contribution in [0.2, 0.25) is 0 Å². The summed E-state index contributed by atoms with van der Waals surface area (Å²) in [5, 5.41) is 4.38. The van der Waals surface area contributed by atoms with Crippen molar-refractivity contribution >= 4 is 21.7 Å². The van der Waals surface area contributed by atoms with Gasteiger partial charge in [-0.25, -0.2) is 4.98 Å². The Hall–Kier alpha value is -1.63. The van der Waals surface area contributed by atoms with Crippen LogP contribution in [0.15, 0.2) is 22.9 Å². The largest absolute Gasteiger partial charge is 0.467 e. The number of hydrogen-bond acceptors (Lipinski definition) is 5. The third-order valence-corrected chi connectivity index (χ3v) is 4.14. The second kappa shape index (κ2) is 6.01. The SMILES string of the molecule is COc1nc(C)cc(N2CCC(n3cc(Br)cn3)CC2)n1. The number of methoxy groups -OCH3 is 1. The summed E-state index contributed by atoms with van der Waals surface area (Å²) in [5.74, 6) is 0.944. The molecular weight excluding hydrogens is 334 g/mol. The molecule has 21 heavy (non-hydrogen) atoms. The molecule has 1 fully saturated rings. The fourth-order valence-electron chi connectivity index (χ4n) is 2.65. The number of piperidine rings is 1. The van der Waals surface area contributed by atoms with Crippen molar-refractivity contribution in [2.24, 2.45) is 0 Å². The second-order valence-corrected chi connectivity index (χ2v) is 6.13. The topological polar surface area (TPSA) is 56.1 Å². The molecule has 0 saturated carbocycles. The number of ether oxygens (including phenoxy) is 1. The van der Waals surface area contributed by atoms with Crippen molar-refractivity contribution < 1.29 is 4.74 Å². The van der Waals surface area contributed by atoms with Crippen LogP contribution >= 0.6 is 15.9 Å². The Kier molecular flexibility index (Phi) is 4.10. The van der Waals surface area contributed by atoms with E-state index in [9.17, 15) is 0 Å². The molecular formula is C14H18BrN5O. The lowest BCUT2D eigenvalue weighted by Crippen LogP contribution is -2.35. The van der Waals surface area contributed by atoms with E-state index in [1.807, 2.05) is 30.1 Å². The molecule has 1 aliphatic heterocycles. The fourth-order valence-corrected chi connectivity index (χ4v) is 2.95. The van der Waals surface area contributed by atoms with Crippen molar-refractivity contribution in [2.45, 2.75) is 25.8 Å². The second-order valence-electron chi connectivity index (χ2n) is 5.21. The third-order valence-electron chi connectivity index (χ3n) is 3.74. The van der Waals surface area contributed by atoms with Gasteiger partial charge in [-0.2, -0.15) is 10.1 Å². The van der Waals surface area contributed by atoms with Crippen LogP contribution in [-0.2, 0) is 0 Å². The Morgan fingerprint density at radius 3 is 2.67 bits per heavy atom. The number of nitrogens with zero attached hydrogens (tertiary/aromatic N) is 5. The first-order chi connectivity index (χ1) is 10.2. The van der Waals surface area contributed by atoms with Crippen LogP contribution in [0.3, 0.4) is 0 Å². The van der Waals surface area contributed by atoms with Crippen LogP contribution in [-0.4, -0.2) is 39.9 Å². The summed E-state index contributed by atoms with van der Waals surface area (Å²) in [7, 11) is 1.60. The Bertz CT molecular complexity index is 622. The zero-order valence-corrected chi connectivity index (χ0v) is 13.7. The van der Waals surface area contributed by atoms with Crippen LogP contribution in [0.1, 0.15) is 24.6 Å². The molecule has 3 rings (SSSR count). The van der Waals surface area contributed by atoms with Crippen LogP contribution in [0.25, 0.3) is 0 Å². The molecule has 0 unspecified atom stereocenters.